The van der Waals surface area contributed by atoms with Gasteiger partial charge in [-0.2, -0.15) is 0 Å². The lowest BCUT2D eigenvalue weighted by Gasteiger charge is -2.29. The van der Waals surface area contributed by atoms with Crippen molar-refractivity contribution in [2.45, 2.75) is 45.6 Å². The van der Waals surface area contributed by atoms with E-state index >= 15 is 0 Å². The van der Waals surface area contributed by atoms with E-state index in [0.29, 0.717) is 17.6 Å². The summed E-state index contributed by atoms with van der Waals surface area (Å²) in [6.45, 7) is 3.91. The highest BCUT2D eigenvalue weighted by atomic mass is 16.6. The van der Waals surface area contributed by atoms with Crippen LogP contribution in [0.3, 0.4) is 0 Å². The van der Waals surface area contributed by atoms with Crippen LogP contribution >= 0.6 is 0 Å². The minimum atomic E-state index is -0.435. The molecule has 2 rings (SSSR count). The van der Waals surface area contributed by atoms with Gasteiger partial charge in [0.2, 0.25) is 5.82 Å². The predicted molar refractivity (Wildman–Crippen MR) is 68.5 cm³/mol. The first-order valence-corrected chi connectivity index (χ1v) is 6.32. The van der Waals surface area contributed by atoms with Gasteiger partial charge in [0, 0.05) is 6.04 Å². The number of hydrogen-bond acceptors (Lipinski definition) is 5. The average Bonchev–Trinajstić information content (AvgIpc) is 2.32. The van der Waals surface area contributed by atoms with Gasteiger partial charge in [0.1, 0.15) is 12.0 Å². The minimum absolute atomic E-state index is 0.0432. The summed E-state index contributed by atoms with van der Waals surface area (Å²) in [4.78, 5) is 18.5. The molecule has 0 aliphatic heterocycles. The third-order valence-electron chi connectivity index (χ3n) is 3.52. The second kappa shape index (κ2) is 5.29. The topological polar surface area (TPSA) is 81.0 Å². The predicted octanol–water partition coefficient (Wildman–Crippen LogP) is 2.68. The van der Waals surface area contributed by atoms with E-state index in [1.54, 1.807) is 6.92 Å². The highest BCUT2D eigenvalue weighted by molar-refractivity contribution is 5.54. The van der Waals surface area contributed by atoms with Gasteiger partial charge < -0.3 is 5.32 Å². The lowest BCUT2D eigenvalue weighted by Crippen LogP contribution is -2.31. The van der Waals surface area contributed by atoms with Crippen molar-refractivity contribution < 1.29 is 4.92 Å². The molecule has 2 atom stereocenters. The molecule has 0 radical (unpaired) electrons. The molecule has 0 unspecified atom stereocenters. The Labute approximate surface area is 106 Å². The first kappa shape index (κ1) is 12.7. The number of nitrogens with zero attached hydrogens (tertiary/aromatic N) is 3. The van der Waals surface area contributed by atoms with Crippen molar-refractivity contribution in [2.75, 3.05) is 5.32 Å². The number of aromatic nitrogens is 2. The Morgan fingerprint density at radius 2 is 2.17 bits per heavy atom. The quantitative estimate of drug-likeness (QED) is 0.659. The second-order valence-corrected chi connectivity index (χ2v) is 4.92. The maximum Gasteiger partial charge on any atom is 0.329 e. The third-order valence-corrected chi connectivity index (χ3v) is 3.52. The molecular weight excluding hydrogens is 232 g/mol. The van der Waals surface area contributed by atoms with Crippen LogP contribution in [0.25, 0.3) is 0 Å². The van der Waals surface area contributed by atoms with Crippen molar-refractivity contribution in [3.63, 3.8) is 0 Å². The number of aryl methyl sites for hydroxylation is 1. The van der Waals surface area contributed by atoms with E-state index in [2.05, 4.69) is 22.2 Å². The standard InChI is InChI=1S/C12H18N4O2/c1-8-5-3-4-6-10(8)15-12-11(16(17)18)7-13-9(2)14-12/h7-8,10H,3-6H2,1-2H3,(H,13,14,15)/t8-,10+/m1/s1. The number of anilines is 1. The summed E-state index contributed by atoms with van der Waals surface area (Å²) in [5, 5.41) is 14.2. The SMILES string of the molecule is Cc1ncc([N+](=O)[O-])c(N[C@H]2CCCC[C@H]2C)n1. The molecule has 1 aromatic heterocycles. The van der Waals surface area contributed by atoms with E-state index < -0.39 is 4.92 Å². The molecule has 0 spiro atoms. The van der Waals surface area contributed by atoms with Crippen molar-refractivity contribution in [1.29, 1.82) is 0 Å². The minimum Gasteiger partial charge on any atom is -0.361 e. The number of nitrogens with one attached hydrogen (secondary N) is 1. The second-order valence-electron chi connectivity index (χ2n) is 4.92. The Hall–Kier alpha value is -1.72. The Morgan fingerprint density at radius 3 is 2.83 bits per heavy atom. The highest BCUT2D eigenvalue weighted by Crippen LogP contribution is 2.29. The molecule has 18 heavy (non-hydrogen) atoms. The zero-order chi connectivity index (χ0) is 13.1. The van der Waals surface area contributed by atoms with Gasteiger partial charge in [-0.3, -0.25) is 10.1 Å². The summed E-state index contributed by atoms with van der Waals surface area (Å²) in [6.07, 6.45) is 5.89. The Kier molecular flexibility index (Phi) is 3.74. The molecule has 6 heteroatoms. The van der Waals surface area contributed by atoms with Crippen molar-refractivity contribution in [3.05, 3.63) is 22.1 Å². The maximum absolute atomic E-state index is 10.9. The molecule has 1 N–H and O–H groups in total. The van der Waals surface area contributed by atoms with E-state index in [4.69, 9.17) is 0 Å². The fraction of sp³-hybridized carbons (Fsp3) is 0.667. The zero-order valence-electron chi connectivity index (χ0n) is 10.7. The molecule has 0 bridgehead atoms. The lowest BCUT2D eigenvalue weighted by molar-refractivity contribution is -0.384. The summed E-state index contributed by atoms with van der Waals surface area (Å²) >= 11 is 0. The molecule has 1 saturated carbocycles. The van der Waals surface area contributed by atoms with Crippen LogP contribution in [0.4, 0.5) is 11.5 Å². The fourth-order valence-electron chi connectivity index (χ4n) is 2.41. The smallest absolute Gasteiger partial charge is 0.329 e. The molecule has 0 aromatic carbocycles. The third kappa shape index (κ3) is 2.75. The summed E-state index contributed by atoms with van der Waals surface area (Å²) in [6, 6.07) is 0.270. The van der Waals surface area contributed by atoms with Crippen molar-refractivity contribution in [2.24, 2.45) is 5.92 Å². The fourth-order valence-corrected chi connectivity index (χ4v) is 2.41. The normalized spacial score (nSPS) is 23.7. The van der Waals surface area contributed by atoms with Gasteiger partial charge in [-0.15, -0.1) is 0 Å². The Balaban J connectivity index is 2.21. The summed E-state index contributed by atoms with van der Waals surface area (Å²) in [5.41, 5.74) is -0.0432. The molecular formula is C12H18N4O2. The van der Waals surface area contributed by atoms with Gasteiger partial charge in [-0.25, -0.2) is 9.97 Å². The van der Waals surface area contributed by atoms with E-state index in [1.807, 2.05) is 0 Å². The first-order valence-electron chi connectivity index (χ1n) is 6.32. The highest BCUT2D eigenvalue weighted by Gasteiger charge is 2.25. The molecule has 0 saturated heterocycles. The van der Waals surface area contributed by atoms with Crippen molar-refractivity contribution >= 4 is 11.5 Å². The van der Waals surface area contributed by atoms with Gasteiger partial charge in [0.05, 0.1) is 4.92 Å². The van der Waals surface area contributed by atoms with Crippen LogP contribution in [0.5, 0.6) is 0 Å². The molecule has 1 fully saturated rings. The summed E-state index contributed by atoms with van der Waals surface area (Å²) < 4.78 is 0. The van der Waals surface area contributed by atoms with Crippen LogP contribution in [0.15, 0.2) is 6.20 Å². The number of rotatable bonds is 3. The summed E-state index contributed by atoms with van der Waals surface area (Å²) in [7, 11) is 0. The van der Waals surface area contributed by atoms with Gasteiger partial charge in [-0.1, -0.05) is 19.8 Å². The molecule has 98 valence electrons. The van der Waals surface area contributed by atoms with Crippen molar-refractivity contribution in [1.82, 2.24) is 9.97 Å². The van der Waals surface area contributed by atoms with E-state index in [-0.39, 0.29) is 11.7 Å². The largest absolute Gasteiger partial charge is 0.361 e. The Morgan fingerprint density at radius 1 is 1.44 bits per heavy atom. The molecule has 1 aliphatic rings. The van der Waals surface area contributed by atoms with Crippen LogP contribution in [0.1, 0.15) is 38.4 Å². The van der Waals surface area contributed by atoms with Gasteiger partial charge in [0.25, 0.3) is 0 Å². The monoisotopic (exact) mass is 250 g/mol. The van der Waals surface area contributed by atoms with Crippen LogP contribution < -0.4 is 5.32 Å². The number of nitro groups is 1. The molecule has 0 amide bonds. The maximum atomic E-state index is 10.9. The van der Waals surface area contributed by atoms with Crippen LogP contribution in [-0.4, -0.2) is 20.9 Å². The van der Waals surface area contributed by atoms with Gasteiger partial charge >= 0.3 is 5.69 Å². The van der Waals surface area contributed by atoms with Crippen molar-refractivity contribution in [3.8, 4) is 0 Å². The van der Waals surface area contributed by atoms with E-state index in [1.165, 1.54) is 19.0 Å². The summed E-state index contributed by atoms with van der Waals surface area (Å²) in [5.74, 6) is 1.42. The zero-order valence-corrected chi connectivity index (χ0v) is 10.7. The first-order chi connectivity index (χ1) is 8.58. The van der Waals surface area contributed by atoms with E-state index in [0.717, 1.165) is 12.8 Å². The van der Waals surface area contributed by atoms with Crippen LogP contribution in [-0.2, 0) is 0 Å². The number of hydrogen-bond donors (Lipinski definition) is 1. The molecule has 1 aliphatic carbocycles. The molecule has 6 nitrogen and oxygen atoms in total. The Bertz CT molecular complexity index is 450. The molecule has 1 aromatic rings. The molecule has 1 heterocycles. The van der Waals surface area contributed by atoms with Gasteiger partial charge in [-0.05, 0) is 25.7 Å². The average molecular weight is 250 g/mol. The van der Waals surface area contributed by atoms with Gasteiger partial charge in [0.15, 0.2) is 0 Å². The van der Waals surface area contributed by atoms with Crippen LogP contribution in [0.2, 0.25) is 0 Å². The van der Waals surface area contributed by atoms with E-state index in [9.17, 15) is 10.1 Å². The lowest BCUT2D eigenvalue weighted by atomic mass is 9.86. The van der Waals surface area contributed by atoms with Crippen LogP contribution in [0, 0.1) is 23.0 Å².